The number of esters is 1. The monoisotopic (exact) mass is 326 g/mol. The molecule has 5 nitrogen and oxygen atoms in total. The summed E-state index contributed by atoms with van der Waals surface area (Å²) >= 11 is 0. The van der Waals surface area contributed by atoms with Crippen molar-refractivity contribution in [3.63, 3.8) is 0 Å². The Balaban J connectivity index is 2.56. The highest BCUT2D eigenvalue weighted by atomic mass is 16.5. The molecule has 0 spiro atoms. The number of hydrogen-bond acceptors (Lipinski definition) is 5. The molecule has 3 aromatic carbocycles. The number of methoxy groups -OCH3 is 4. The average molecular weight is 326 g/mol. The molecule has 0 unspecified atom stereocenters. The van der Waals surface area contributed by atoms with Gasteiger partial charge in [-0.1, -0.05) is 24.3 Å². The van der Waals surface area contributed by atoms with Gasteiger partial charge in [0.05, 0.1) is 33.8 Å². The first kappa shape index (κ1) is 15.9. The summed E-state index contributed by atoms with van der Waals surface area (Å²) in [5.74, 6) is 1.14. The highest BCUT2D eigenvalue weighted by molar-refractivity contribution is 6.13. The topological polar surface area (TPSA) is 54.0 Å². The Labute approximate surface area is 139 Å². The summed E-state index contributed by atoms with van der Waals surface area (Å²) in [7, 11) is 6.02. The number of benzene rings is 3. The van der Waals surface area contributed by atoms with Crippen LogP contribution in [0.4, 0.5) is 0 Å². The number of carbonyl (C=O) groups excluding carboxylic acids is 1. The Morgan fingerprint density at radius 1 is 0.833 bits per heavy atom. The van der Waals surface area contributed by atoms with E-state index in [1.807, 2.05) is 30.3 Å². The van der Waals surface area contributed by atoms with E-state index in [4.69, 9.17) is 18.9 Å². The third-order valence-electron chi connectivity index (χ3n) is 4.05. The minimum Gasteiger partial charge on any atom is -0.496 e. The Bertz CT molecular complexity index is 930. The van der Waals surface area contributed by atoms with Crippen LogP contribution in [0.5, 0.6) is 17.2 Å². The molecular formula is C19H18O5. The van der Waals surface area contributed by atoms with Crippen molar-refractivity contribution in [1.82, 2.24) is 0 Å². The second-order valence-corrected chi connectivity index (χ2v) is 5.20. The predicted molar refractivity (Wildman–Crippen MR) is 92.4 cm³/mol. The molecule has 0 aliphatic heterocycles. The van der Waals surface area contributed by atoms with E-state index >= 15 is 0 Å². The fourth-order valence-corrected chi connectivity index (χ4v) is 3.01. The van der Waals surface area contributed by atoms with Crippen LogP contribution in [-0.2, 0) is 4.74 Å². The van der Waals surface area contributed by atoms with Crippen LogP contribution in [0.1, 0.15) is 10.4 Å². The molecule has 0 amide bonds. The Morgan fingerprint density at radius 2 is 1.54 bits per heavy atom. The highest BCUT2D eigenvalue weighted by Crippen LogP contribution is 2.45. The molecule has 3 aromatic rings. The minimum atomic E-state index is -0.487. The van der Waals surface area contributed by atoms with E-state index in [1.54, 1.807) is 20.3 Å². The van der Waals surface area contributed by atoms with Crippen LogP contribution in [0.2, 0.25) is 0 Å². The lowest BCUT2D eigenvalue weighted by molar-refractivity contribution is 0.0597. The maximum atomic E-state index is 12.1. The van der Waals surface area contributed by atoms with E-state index in [-0.39, 0.29) is 0 Å². The molecule has 0 atom stereocenters. The summed E-state index contributed by atoms with van der Waals surface area (Å²) in [5.41, 5.74) is 0.307. The number of carbonyl (C=O) groups is 1. The molecule has 5 heteroatoms. The van der Waals surface area contributed by atoms with E-state index in [0.29, 0.717) is 22.8 Å². The van der Waals surface area contributed by atoms with Gasteiger partial charge >= 0.3 is 5.97 Å². The van der Waals surface area contributed by atoms with E-state index in [0.717, 1.165) is 21.5 Å². The van der Waals surface area contributed by atoms with Crippen LogP contribution >= 0.6 is 0 Å². The fourth-order valence-electron chi connectivity index (χ4n) is 3.01. The van der Waals surface area contributed by atoms with E-state index in [9.17, 15) is 4.79 Å². The van der Waals surface area contributed by atoms with Crippen molar-refractivity contribution in [1.29, 1.82) is 0 Å². The number of hydrogen-bond donors (Lipinski definition) is 0. The van der Waals surface area contributed by atoms with Crippen molar-refractivity contribution in [2.24, 2.45) is 0 Å². The van der Waals surface area contributed by atoms with Gasteiger partial charge in [-0.3, -0.25) is 0 Å². The van der Waals surface area contributed by atoms with Gasteiger partial charge < -0.3 is 18.9 Å². The zero-order valence-corrected chi connectivity index (χ0v) is 14.0. The molecule has 0 aliphatic rings. The van der Waals surface area contributed by atoms with Gasteiger partial charge in [0.15, 0.2) is 0 Å². The number of ether oxygens (including phenoxy) is 4. The van der Waals surface area contributed by atoms with Crippen molar-refractivity contribution in [2.75, 3.05) is 28.4 Å². The minimum absolute atomic E-state index is 0.307. The molecule has 3 rings (SSSR count). The smallest absolute Gasteiger partial charge is 0.341 e. The van der Waals surface area contributed by atoms with Gasteiger partial charge in [0, 0.05) is 10.8 Å². The van der Waals surface area contributed by atoms with Gasteiger partial charge in [0.25, 0.3) is 0 Å². The first-order chi connectivity index (χ1) is 11.7. The van der Waals surface area contributed by atoms with Crippen LogP contribution in [0.25, 0.3) is 21.5 Å². The van der Waals surface area contributed by atoms with Crippen LogP contribution in [-0.4, -0.2) is 34.4 Å². The molecule has 0 fully saturated rings. The molecule has 24 heavy (non-hydrogen) atoms. The zero-order valence-electron chi connectivity index (χ0n) is 14.0. The molecule has 0 aromatic heterocycles. The quantitative estimate of drug-likeness (QED) is 0.539. The van der Waals surface area contributed by atoms with Crippen molar-refractivity contribution < 1.29 is 23.7 Å². The molecule has 0 heterocycles. The summed E-state index contributed by atoms with van der Waals surface area (Å²) in [6.45, 7) is 0. The van der Waals surface area contributed by atoms with Crippen LogP contribution < -0.4 is 14.2 Å². The van der Waals surface area contributed by atoms with Gasteiger partial charge in [-0.05, 0) is 17.5 Å². The summed E-state index contributed by atoms with van der Waals surface area (Å²) in [4.78, 5) is 12.1. The lowest BCUT2D eigenvalue weighted by Crippen LogP contribution is -2.06. The highest BCUT2D eigenvalue weighted by Gasteiger charge is 2.23. The fraction of sp³-hybridized carbons (Fsp3) is 0.211. The van der Waals surface area contributed by atoms with Gasteiger partial charge in [0.2, 0.25) is 0 Å². The molecule has 0 saturated carbocycles. The maximum Gasteiger partial charge on any atom is 0.341 e. The molecule has 0 radical (unpaired) electrons. The largest absolute Gasteiger partial charge is 0.496 e. The van der Waals surface area contributed by atoms with Crippen LogP contribution in [0.15, 0.2) is 36.4 Å². The molecule has 0 bridgehead atoms. The summed E-state index contributed by atoms with van der Waals surface area (Å²) in [6, 6.07) is 11.4. The Kier molecular flexibility index (Phi) is 4.16. The third-order valence-corrected chi connectivity index (χ3v) is 4.05. The van der Waals surface area contributed by atoms with Gasteiger partial charge in [-0.2, -0.15) is 0 Å². The molecule has 0 saturated heterocycles. The first-order valence-corrected chi connectivity index (χ1v) is 7.39. The Morgan fingerprint density at radius 3 is 2.17 bits per heavy atom. The number of rotatable bonds is 4. The van der Waals surface area contributed by atoms with E-state index < -0.39 is 5.97 Å². The Hall–Kier alpha value is -2.95. The molecule has 0 aliphatic carbocycles. The summed E-state index contributed by atoms with van der Waals surface area (Å²) in [5, 5.41) is 3.42. The lowest BCUT2D eigenvalue weighted by atomic mass is 9.98. The third kappa shape index (κ3) is 2.29. The second-order valence-electron chi connectivity index (χ2n) is 5.20. The van der Waals surface area contributed by atoms with E-state index in [1.165, 1.54) is 14.2 Å². The first-order valence-electron chi connectivity index (χ1n) is 7.39. The second kappa shape index (κ2) is 6.28. The zero-order chi connectivity index (χ0) is 17.3. The maximum absolute atomic E-state index is 12.1. The van der Waals surface area contributed by atoms with Crippen molar-refractivity contribution in [3.8, 4) is 17.2 Å². The van der Waals surface area contributed by atoms with Crippen molar-refractivity contribution in [2.45, 2.75) is 0 Å². The lowest BCUT2D eigenvalue weighted by Gasteiger charge is -2.17. The number of fused-ring (bicyclic) bond motifs is 2. The molecule has 124 valence electrons. The van der Waals surface area contributed by atoms with E-state index in [2.05, 4.69) is 0 Å². The van der Waals surface area contributed by atoms with Crippen molar-refractivity contribution >= 4 is 27.5 Å². The van der Waals surface area contributed by atoms with Crippen molar-refractivity contribution in [3.05, 3.63) is 42.0 Å². The predicted octanol–water partition coefficient (Wildman–Crippen LogP) is 3.81. The van der Waals surface area contributed by atoms with Crippen LogP contribution in [0.3, 0.4) is 0 Å². The SMILES string of the molecule is COC(=O)c1cc(OC)c2c(OC)c3ccccc3cc2c1OC. The summed E-state index contributed by atoms with van der Waals surface area (Å²) in [6.07, 6.45) is 0. The van der Waals surface area contributed by atoms with Gasteiger partial charge in [-0.25, -0.2) is 4.79 Å². The molecule has 0 N–H and O–H groups in total. The standard InChI is InChI=1S/C19H18O5/c1-21-15-10-14(19(20)24-4)17(22-2)13-9-11-7-5-6-8-12(11)18(23-3)16(13)15/h5-10H,1-4H3. The summed E-state index contributed by atoms with van der Waals surface area (Å²) < 4.78 is 21.6. The normalized spacial score (nSPS) is 10.7. The molecular weight excluding hydrogens is 308 g/mol. The van der Waals surface area contributed by atoms with Crippen LogP contribution in [0, 0.1) is 0 Å². The van der Waals surface area contributed by atoms with Gasteiger partial charge in [-0.15, -0.1) is 0 Å². The van der Waals surface area contributed by atoms with Gasteiger partial charge in [0.1, 0.15) is 22.8 Å². The average Bonchev–Trinajstić information content (AvgIpc) is 2.63.